The van der Waals surface area contributed by atoms with Gasteiger partial charge in [0, 0.05) is 12.7 Å². The first kappa shape index (κ1) is 16.2. The minimum atomic E-state index is -1.12. The van der Waals surface area contributed by atoms with Crippen LogP contribution in [0.1, 0.15) is 28.4 Å². The summed E-state index contributed by atoms with van der Waals surface area (Å²) < 4.78 is 5.10. The molecule has 0 aliphatic carbocycles. The van der Waals surface area contributed by atoms with Crippen LogP contribution >= 0.6 is 0 Å². The van der Waals surface area contributed by atoms with Crippen LogP contribution in [-0.2, 0) is 16.9 Å². The molecular weight excluding hydrogens is 278 g/mol. The maximum atomic E-state index is 12.3. The number of amides is 1. The Labute approximate surface area is 130 Å². The van der Waals surface area contributed by atoms with Gasteiger partial charge >= 0.3 is 0 Å². The normalized spacial score (nSPS) is 13.4. The van der Waals surface area contributed by atoms with Gasteiger partial charge in [0.2, 0.25) is 0 Å². The minimum absolute atomic E-state index is 0.136. The van der Waals surface area contributed by atoms with Gasteiger partial charge in [-0.25, -0.2) is 0 Å². The van der Waals surface area contributed by atoms with Gasteiger partial charge in [0.15, 0.2) is 0 Å². The van der Waals surface area contributed by atoms with Crippen LogP contribution in [0.5, 0.6) is 0 Å². The van der Waals surface area contributed by atoms with E-state index in [0.29, 0.717) is 12.2 Å². The summed E-state index contributed by atoms with van der Waals surface area (Å²) in [5.41, 5.74) is 1.03. The molecule has 1 amide bonds. The van der Waals surface area contributed by atoms with E-state index in [1.807, 2.05) is 48.5 Å². The molecule has 0 radical (unpaired) electrons. The molecule has 2 rings (SSSR count). The highest BCUT2D eigenvalue weighted by Gasteiger charge is 2.24. The Morgan fingerprint density at radius 1 is 1.14 bits per heavy atom. The highest BCUT2D eigenvalue weighted by molar-refractivity contribution is 5.95. The SMILES string of the molecule is COCc1ccccc1C(=O)NCC(C)(O)c1ccccc1. The van der Waals surface area contributed by atoms with Gasteiger partial charge in [0.1, 0.15) is 5.60 Å². The minimum Gasteiger partial charge on any atom is -0.384 e. The van der Waals surface area contributed by atoms with Gasteiger partial charge in [0.05, 0.1) is 13.2 Å². The Hall–Kier alpha value is -2.17. The lowest BCUT2D eigenvalue weighted by Gasteiger charge is -2.24. The predicted molar refractivity (Wildman–Crippen MR) is 85.5 cm³/mol. The molecule has 0 saturated carbocycles. The van der Waals surface area contributed by atoms with Crippen molar-refractivity contribution >= 4 is 5.91 Å². The van der Waals surface area contributed by atoms with Gasteiger partial charge in [0.25, 0.3) is 5.91 Å². The fourth-order valence-electron chi connectivity index (χ4n) is 2.27. The number of methoxy groups -OCH3 is 1. The number of carbonyl (C=O) groups excluding carboxylic acids is 1. The fourth-order valence-corrected chi connectivity index (χ4v) is 2.27. The first-order valence-electron chi connectivity index (χ1n) is 7.17. The van der Waals surface area contributed by atoms with Crippen LogP contribution in [0.2, 0.25) is 0 Å². The fraction of sp³-hybridized carbons (Fsp3) is 0.278. The standard InChI is InChI=1S/C18H21NO3/c1-18(21,15-9-4-3-5-10-15)13-19-17(20)16-11-7-6-8-14(16)12-22-2/h3-11,21H,12-13H2,1-2H3,(H,19,20). The highest BCUT2D eigenvalue weighted by Crippen LogP contribution is 2.19. The van der Waals surface area contributed by atoms with Crippen molar-refractivity contribution in [2.45, 2.75) is 19.1 Å². The van der Waals surface area contributed by atoms with E-state index in [-0.39, 0.29) is 12.5 Å². The number of aliphatic hydroxyl groups is 1. The molecule has 4 nitrogen and oxygen atoms in total. The molecule has 22 heavy (non-hydrogen) atoms. The van der Waals surface area contributed by atoms with Crippen LogP contribution in [0.3, 0.4) is 0 Å². The molecule has 0 aliphatic rings. The zero-order valence-corrected chi connectivity index (χ0v) is 12.9. The first-order chi connectivity index (χ1) is 10.5. The Kier molecular flexibility index (Phi) is 5.31. The zero-order chi connectivity index (χ0) is 16.0. The molecule has 0 aliphatic heterocycles. The lowest BCUT2D eigenvalue weighted by atomic mass is 9.96. The number of ether oxygens (including phenoxy) is 1. The van der Waals surface area contributed by atoms with Crippen molar-refractivity contribution in [3.05, 3.63) is 71.3 Å². The molecule has 1 atom stereocenters. The van der Waals surface area contributed by atoms with Crippen molar-refractivity contribution in [2.75, 3.05) is 13.7 Å². The van der Waals surface area contributed by atoms with Gasteiger partial charge in [-0.15, -0.1) is 0 Å². The second kappa shape index (κ2) is 7.20. The molecule has 4 heteroatoms. The Morgan fingerprint density at radius 3 is 2.45 bits per heavy atom. The molecule has 0 fully saturated rings. The summed E-state index contributed by atoms with van der Waals surface area (Å²) in [6.07, 6.45) is 0. The smallest absolute Gasteiger partial charge is 0.251 e. The second-order valence-electron chi connectivity index (χ2n) is 5.41. The molecule has 1 unspecified atom stereocenters. The van der Waals surface area contributed by atoms with Crippen molar-refractivity contribution in [1.82, 2.24) is 5.32 Å². The van der Waals surface area contributed by atoms with Gasteiger partial charge in [-0.05, 0) is 24.1 Å². The molecule has 2 aromatic rings. The van der Waals surface area contributed by atoms with Crippen LogP contribution in [0.25, 0.3) is 0 Å². The summed E-state index contributed by atoms with van der Waals surface area (Å²) in [6, 6.07) is 16.6. The lowest BCUT2D eigenvalue weighted by molar-refractivity contribution is 0.0525. The molecule has 2 aromatic carbocycles. The van der Waals surface area contributed by atoms with E-state index in [1.165, 1.54) is 0 Å². The number of nitrogens with one attached hydrogen (secondary N) is 1. The van der Waals surface area contributed by atoms with E-state index >= 15 is 0 Å². The first-order valence-corrected chi connectivity index (χ1v) is 7.17. The van der Waals surface area contributed by atoms with Crippen molar-refractivity contribution < 1.29 is 14.6 Å². The van der Waals surface area contributed by atoms with Crippen LogP contribution in [-0.4, -0.2) is 24.7 Å². The number of benzene rings is 2. The van der Waals surface area contributed by atoms with Crippen LogP contribution < -0.4 is 5.32 Å². The van der Waals surface area contributed by atoms with Gasteiger partial charge in [-0.1, -0.05) is 48.5 Å². The Bertz CT molecular complexity index is 623. The van der Waals surface area contributed by atoms with E-state index in [1.54, 1.807) is 20.1 Å². The average molecular weight is 299 g/mol. The number of hydrogen-bond acceptors (Lipinski definition) is 3. The number of carbonyl (C=O) groups is 1. The summed E-state index contributed by atoms with van der Waals surface area (Å²) in [6.45, 7) is 2.19. The summed E-state index contributed by atoms with van der Waals surface area (Å²) in [5.74, 6) is -0.219. The van der Waals surface area contributed by atoms with Crippen LogP contribution in [0, 0.1) is 0 Å². The molecule has 0 spiro atoms. The van der Waals surface area contributed by atoms with Crippen molar-refractivity contribution in [3.63, 3.8) is 0 Å². The molecule has 0 aromatic heterocycles. The van der Waals surface area contributed by atoms with Crippen LogP contribution in [0.15, 0.2) is 54.6 Å². The van der Waals surface area contributed by atoms with Gasteiger partial charge in [-0.2, -0.15) is 0 Å². The number of rotatable bonds is 6. The molecule has 0 saturated heterocycles. The average Bonchev–Trinajstić information content (AvgIpc) is 2.54. The zero-order valence-electron chi connectivity index (χ0n) is 12.9. The summed E-state index contributed by atoms with van der Waals surface area (Å²) in [4.78, 5) is 12.3. The predicted octanol–water partition coefficient (Wildman–Crippen LogP) is 2.47. The van der Waals surface area contributed by atoms with E-state index in [9.17, 15) is 9.90 Å². The molecule has 2 N–H and O–H groups in total. The maximum Gasteiger partial charge on any atom is 0.251 e. The number of hydrogen-bond donors (Lipinski definition) is 2. The quantitative estimate of drug-likeness (QED) is 0.861. The molecule has 0 heterocycles. The van der Waals surface area contributed by atoms with E-state index in [0.717, 1.165) is 11.1 Å². The topological polar surface area (TPSA) is 58.6 Å². The highest BCUT2D eigenvalue weighted by atomic mass is 16.5. The third kappa shape index (κ3) is 3.93. The van der Waals surface area contributed by atoms with E-state index in [4.69, 9.17) is 4.74 Å². The second-order valence-corrected chi connectivity index (χ2v) is 5.41. The van der Waals surface area contributed by atoms with Crippen LogP contribution in [0.4, 0.5) is 0 Å². The Morgan fingerprint density at radius 2 is 1.77 bits per heavy atom. The van der Waals surface area contributed by atoms with Crippen molar-refractivity contribution in [2.24, 2.45) is 0 Å². The van der Waals surface area contributed by atoms with E-state index < -0.39 is 5.60 Å². The third-order valence-corrected chi connectivity index (χ3v) is 3.55. The van der Waals surface area contributed by atoms with Crippen molar-refractivity contribution in [3.8, 4) is 0 Å². The molecular formula is C18H21NO3. The van der Waals surface area contributed by atoms with Crippen molar-refractivity contribution in [1.29, 1.82) is 0 Å². The molecule has 0 bridgehead atoms. The monoisotopic (exact) mass is 299 g/mol. The third-order valence-electron chi connectivity index (χ3n) is 3.55. The maximum absolute atomic E-state index is 12.3. The Balaban J connectivity index is 2.07. The van der Waals surface area contributed by atoms with E-state index in [2.05, 4.69) is 5.32 Å². The largest absolute Gasteiger partial charge is 0.384 e. The summed E-state index contributed by atoms with van der Waals surface area (Å²) in [7, 11) is 1.59. The van der Waals surface area contributed by atoms with Gasteiger partial charge < -0.3 is 15.2 Å². The summed E-state index contributed by atoms with van der Waals surface area (Å²) in [5, 5.41) is 13.3. The lowest BCUT2D eigenvalue weighted by Crippen LogP contribution is -2.38. The van der Waals surface area contributed by atoms with Gasteiger partial charge in [-0.3, -0.25) is 4.79 Å². The summed E-state index contributed by atoms with van der Waals surface area (Å²) >= 11 is 0. The molecule has 116 valence electrons.